The molecule has 0 bridgehead atoms. The van der Waals surface area contributed by atoms with Crippen molar-refractivity contribution >= 4 is 47.4 Å². The van der Waals surface area contributed by atoms with Crippen LogP contribution >= 0.6 is 0 Å². The highest BCUT2D eigenvalue weighted by atomic mass is 19.4. The number of nitrogens with one attached hydrogen (secondary N) is 3. The highest BCUT2D eigenvalue weighted by Crippen LogP contribution is 2.23. The number of halogens is 3. The molecule has 204 valence electrons. The quantitative estimate of drug-likeness (QED) is 0.0993. The monoisotopic (exact) mass is 541 g/mol. The van der Waals surface area contributed by atoms with Gasteiger partial charge in [0.05, 0.1) is 18.0 Å². The van der Waals surface area contributed by atoms with Crippen LogP contribution < -0.4 is 21.9 Å². The number of carbonyl (C=O) groups excluding carboxylic acids is 2. The molecular formula is C22H22F3N5O8. The van der Waals surface area contributed by atoms with E-state index in [2.05, 4.69) is 21.1 Å². The molecule has 0 saturated heterocycles. The maximum atomic E-state index is 12.5. The lowest BCUT2D eigenvalue weighted by Gasteiger charge is -2.15. The van der Waals surface area contributed by atoms with Crippen LogP contribution in [0.25, 0.3) is 0 Å². The summed E-state index contributed by atoms with van der Waals surface area (Å²) in [4.78, 5) is 59.3. The molecule has 38 heavy (non-hydrogen) atoms. The van der Waals surface area contributed by atoms with E-state index in [1.54, 1.807) is 24.3 Å². The van der Waals surface area contributed by atoms with Gasteiger partial charge in [0.25, 0.3) is 5.91 Å². The lowest BCUT2D eigenvalue weighted by Crippen LogP contribution is -2.34. The zero-order valence-corrected chi connectivity index (χ0v) is 19.2. The maximum Gasteiger partial charge on any atom is 0.490 e. The summed E-state index contributed by atoms with van der Waals surface area (Å²) >= 11 is 0. The second-order valence-corrected chi connectivity index (χ2v) is 7.12. The van der Waals surface area contributed by atoms with E-state index >= 15 is 0 Å². The zero-order valence-electron chi connectivity index (χ0n) is 19.2. The first kappa shape index (κ1) is 31.0. The molecule has 0 aliphatic carbocycles. The van der Waals surface area contributed by atoms with Gasteiger partial charge >= 0.3 is 24.1 Å². The number of nitrogens with zero attached hydrogens (tertiary/aromatic N) is 1. The molecule has 0 aliphatic heterocycles. The first-order valence-corrected chi connectivity index (χ1v) is 10.3. The summed E-state index contributed by atoms with van der Waals surface area (Å²) < 4.78 is 31.7. The fourth-order valence-corrected chi connectivity index (χ4v) is 2.66. The lowest BCUT2D eigenvalue weighted by molar-refractivity contribution is -0.192. The van der Waals surface area contributed by atoms with E-state index in [1.165, 1.54) is 30.6 Å². The minimum atomic E-state index is -5.08. The van der Waals surface area contributed by atoms with Gasteiger partial charge in [-0.3, -0.25) is 19.2 Å². The van der Waals surface area contributed by atoms with Crippen LogP contribution in [0, 0.1) is 0 Å². The van der Waals surface area contributed by atoms with Gasteiger partial charge in [-0.1, -0.05) is 18.2 Å². The average Bonchev–Trinajstić information content (AvgIpc) is 2.85. The maximum absolute atomic E-state index is 12.5. The molecule has 16 heteroatoms. The van der Waals surface area contributed by atoms with Gasteiger partial charge in [-0.05, 0) is 35.9 Å². The predicted molar refractivity (Wildman–Crippen MR) is 126 cm³/mol. The lowest BCUT2D eigenvalue weighted by atomic mass is 9.94. The molecule has 0 heterocycles. The third kappa shape index (κ3) is 11.2. The Bertz CT molecular complexity index is 1190. The molecule has 8 N–H and O–H groups in total. The number of aliphatic imine (C=N–C) groups is 1. The number of carboxylic acids is 3. The first-order valence-electron chi connectivity index (χ1n) is 10.3. The minimum Gasteiger partial charge on any atom is -0.481 e. The Kier molecular flexibility index (Phi) is 11.9. The molecule has 13 nitrogen and oxygen atoms in total. The van der Waals surface area contributed by atoms with E-state index in [9.17, 15) is 32.3 Å². The third-order valence-corrected chi connectivity index (χ3v) is 4.32. The molecule has 0 spiro atoms. The van der Waals surface area contributed by atoms with Crippen molar-refractivity contribution in [3.63, 3.8) is 0 Å². The van der Waals surface area contributed by atoms with Crippen molar-refractivity contribution in [2.24, 2.45) is 10.8 Å². The van der Waals surface area contributed by atoms with Gasteiger partial charge in [0.1, 0.15) is 12.9 Å². The molecule has 2 rings (SSSR count). The summed E-state index contributed by atoms with van der Waals surface area (Å²) in [6, 6.07) is 12.6. The molecule has 0 saturated carbocycles. The van der Waals surface area contributed by atoms with Gasteiger partial charge in [-0.15, -0.1) is 0 Å². The zero-order chi connectivity index (χ0) is 28.9. The van der Waals surface area contributed by atoms with Gasteiger partial charge in [0.2, 0.25) is 5.91 Å². The number of alkyl halides is 3. The number of amides is 2. The fourth-order valence-electron chi connectivity index (χ4n) is 2.66. The Hall–Kier alpha value is -4.99. The molecule has 2 amide bonds. The second-order valence-electron chi connectivity index (χ2n) is 7.12. The van der Waals surface area contributed by atoms with Crippen molar-refractivity contribution in [2.45, 2.75) is 18.5 Å². The van der Waals surface area contributed by atoms with Crippen molar-refractivity contribution in [3.05, 3.63) is 59.7 Å². The largest absolute Gasteiger partial charge is 0.490 e. The highest BCUT2D eigenvalue weighted by molar-refractivity contribution is 6.04. The SMILES string of the molecule is NNC=Nc1cccc(C(=O)Nc2ccc(C(CC(=O)O)C(=O)NCC(=O)O)cc2)c1.O=C(O)C(F)(F)F. The Morgan fingerprint density at radius 1 is 0.974 bits per heavy atom. The number of hydrogen-bond donors (Lipinski definition) is 7. The van der Waals surface area contributed by atoms with Gasteiger partial charge in [-0.25, -0.2) is 15.6 Å². The molecule has 0 radical (unpaired) electrons. The number of nitrogens with two attached hydrogens (primary N) is 1. The van der Waals surface area contributed by atoms with E-state index in [4.69, 9.17) is 26.0 Å². The molecule has 2 aromatic carbocycles. The summed E-state index contributed by atoms with van der Waals surface area (Å²) in [5.74, 6) is -2.27. The molecule has 0 fully saturated rings. The third-order valence-electron chi connectivity index (χ3n) is 4.32. The number of rotatable bonds is 10. The number of carbonyl (C=O) groups is 5. The average molecular weight is 541 g/mol. The molecule has 2 aromatic rings. The van der Waals surface area contributed by atoms with Crippen molar-refractivity contribution in [1.82, 2.24) is 10.7 Å². The van der Waals surface area contributed by atoms with Crippen molar-refractivity contribution in [3.8, 4) is 0 Å². The number of hydrogen-bond acceptors (Lipinski definition) is 7. The van der Waals surface area contributed by atoms with E-state index in [0.717, 1.165) is 0 Å². The molecule has 1 atom stereocenters. The van der Waals surface area contributed by atoms with Gasteiger partial charge in [-0.2, -0.15) is 13.2 Å². The normalized spacial score (nSPS) is 11.5. The smallest absolute Gasteiger partial charge is 0.481 e. The first-order chi connectivity index (χ1) is 17.7. The predicted octanol–water partition coefficient (Wildman–Crippen LogP) is 1.45. The summed E-state index contributed by atoms with van der Waals surface area (Å²) in [6.45, 7) is -0.618. The van der Waals surface area contributed by atoms with Crippen LogP contribution in [0.15, 0.2) is 53.5 Å². The topological polar surface area (TPSA) is 221 Å². The molecule has 1 unspecified atom stereocenters. The number of anilines is 1. The molecule has 0 aromatic heterocycles. The molecule has 0 aliphatic rings. The summed E-state index contributed by atoms with van der Waals surface area (Å²) in [7, 11) is 0. The van der Waals surface area contributed by atoms with Crippen LogP contribution in [0.2, 0.25) is 0 Å². The van der Waals surface area contributed by atoms with Crippen LogP contribution in [0.4, 0.5) is 24.5 Å². The minimum absolute atomic E-state index is 0.354. The Labute approximate surface area is 212 Å². The van der Waals surface area contributed by atoms with Crippen LogP contribution in [-0.4, -0.2) is 64.1 Å². The van der Waals surface area contributed by atoms with E-state index in [0.29, 0.717) is 22.5 Å². The van der Waals surface area contributed by atoms with Crippen molar-refractivity contribution in [2.75, 3.05) is 11.9 Å². The Morgan fingerprint density at radius 3 is 2.08 bits per heavy atom. The Morgan fingerprint density at radius 2 is 1.58 bits per heavy atom. The second kappa shape index (κ2) is 14.5. The van der Waals surface area contributed by atoms with Crippen LogP contribution in [-0.2, 0) is 19.2 Å². The summed E-state index contributed by atoms with van der Waals surface area (Å²) in [6.07, 6.45) is -4.32. The van der Waals surface area contributed by atoms with Gasteiger partial charge in [0.15, 0.2) is 0 Å². The summed E-state index contributed by atoms with van der Waals surface area (Å²) in [5.41, 5.74) is 3.93. The number of hydrazine groups is 1. The number of benzene rings is 2. The van der Waals surface area contributed by atoms with E-state index in [1.807, 2.05) is 0 Å². The van der Waals surface area contributed by atoms with E-state index in [-0.39, 0.29) is 0 Å². The van der Waals surface area contributed by atoms with Crippen molar-refractivity contribution < 1.29 is 52.5 Å². The standard InChI is InChI=1S/C20H21N5O6.C2HF3O2/c21-24-11-23-15-3-1-2-13(8-15)19(30)25-14-6-4-12(5-7-14)16(9-17(26)27)20(31)22-10-18(28)29;3-2(4,5)1(6)7/h1-8,11,16H,9-10,21H2,(H,22,31)(H,23,24)(H,25,30)(H,26,27)(H,28,29);(H,6,7). The van der Waals surface area contributed by atoms with Gasteiger partial charge in [0, 0.05) is 11.3 Å². The van der Waals surface area contributed by atoms with E-state index < -0.39 is 54.8 Å². The van der Waals surface area contributed by atoms with Gasteiger partial charge < -0.3 is 31.4 Å². The van der Waals surface area contributed by atoms with Crippen molar-refractivity contribution in [1.29, 1.82) is 0 Å². The molecular weight excluding hydrogens is 519 g/mol. The number of carboxylic acid groups (broad SMARTS) is 3. The van der Waals surface area contributed by atoms with Crippen LogP contribution in [0.5, 0.6) is 0 Å². The Balaban J connectivity index is 0.000000905. The number of aliphatic carboxylic acids is 3. The summed E-state index contributed by atoms with van der Waals surface area (Å²) in [5, 5.41) is 29.8. The van der Waals surface area contributed by atoms with Crippen LogP contribution in [0.3, 0.4) is 0 Å². The fraction of sp³-hybridized carbons (Fsp3) is 0.182. The highest BCUT2D eigenvalue weighted by Gasteiger charge is 2.38. The van der Waals surface area contributed by atoms with Crippen LogP contribution in [0.1, 0.15) is 28.3 Å².